The summed E-state index contributed by atoms with van der Waals surface area (Å²) in [6.45, 7) is 9.49. The van der Waals surface area contributed by atoms with Gasteiger partial charge in [0.25, 0.3) is 5.91 Å². The van der Waals surface area contributed by atoms with Crippen LogP contribution in [0, 0.1) is 24.6 Å². The fourth-order valence-electron chi connectivity index (χ4n) is 6.40. The standard InChI is InChI=1S/C31H42FN5O/c1-20(2)35(4)31(38)27-14-25(32)7-10-28(27)37-19-24(30-21(3)15-34-16-29(30)37)13-23-11-12-36(18-23)17-22-5-8-26(33)9-6-22/h7,10,14-16,19-20,22-23,26H,5-6,8-9,11-13,17-18,33H2,1-4H3/t22?,23-,26?/m0/s1. The molecule has 38 heavy (non-hydrogen) atoms. The van der Waals surface area contributed by atoms with Crippen LogP contribution in [-0.4, -0.2) is 64.0 Å². The molecule has 0 spiro atoms. The van der Waals surface area contributed by atoms with E-state index in [9.17, 15) is 9.18 Å². The van der Waals surface area contributed by atoms with Crippen molar-refractivity contribution in [2.24, 2.45) is 17.6 Å². The van der Waals surface area contributed by atoms with Gasteiger partial charge in [-0.1, -0.05) is 0 Å². The van der Waals surface area contributed by atoms with Crippen LogP contribution >= 0.6 is 0 Å². The molecular weight excluding hydrogens is 477 g/mol. The summed E-state index contributed by atoms with van der Waals surface area (Å²) in [5.41, 5.74) is 10.5. The lowest BCUT2D eigenvalue weighted by Crippen LogP contribution is -2.33. The van der Waals surface area contributed by atoms with Crippen LogP contribution < -0.4 is 5.73 Å². The number of amides is 1. The molecule has 0 bridgehead atoms. The van der Waals surface area contributed by atoms with Crippen LogP contribution in [0.3, 0.4) is 0 Å². The molecule has 1 aliphatic heterocycles. The Labute approximate surface area is 226 Å². The maximum atomic E-state index is 14.4. The van der Waals surface area contributed by atoms with Gasteiger partial charge in [0.2, 0.25) is 0 Å². The molecule has 0 radical (unpaired) electrons. The van der Waals surface area contributed by atoms with E-state index in [1.54, 1.807) is 18.0 Å². The highest BCUT2D eigenvalue weighted by Crippen LogP contribution is 2.33. The molecular formula is C31H42FN5O. The molecule has 2 fully saturated rings. The van der Waals surface area contributed by atoms with Crippen LogP contribution in [0.15, 0.2) is 36.8 Å². The molecule has 1 amide bonds. The van der Waals surface area contributed by atoms with Crippen LogP contribution in [0.2, 0.25) is 0 Å². The van der Waals surface area contributed by atoms with Crippen molar-refractivity contribution in [2.45, 2.75) is 71.4 Å². The van der Waals surface area contributed by atoms with Crippen molar-refractivity contribution in [1.82, 2.24) is 19.4 Å². The van der Waals surface area contributed by atoms with Gasteiger partial charge in [0.05, 0.1) is 23.0 Å². The highest BCUT2D eigenvalue weighted by molar-refractivity contribution is 5.99. The molecule has 1 aliphatic carbocycles. The normalized spacial score (nSPS) is 22.4. The summed E-state index contributed by atoms with van der Waals surface area (Å²) >= 11 is 0. The molecule has 7 heteroatoms. The number of benzene rings is 1. The monoisotopic (exact) mass is 519 g/mol. The van der Waals surface area contributed by atoms with Crippen molar-refractivity contribution in [1.29, 1.82) is 0 Å². The molecule has 1 saturated carbocycles. The fraction of sp³-hybridized carbons (Fsp3) is 0.548. The SMILES string of the molecule is Cc1cncc2c1c(C[C@@H]1CCN(CC3CCC(N)CC3)C1)cn2-c1ccc(F)cc1C(=O)N(C)C(C)C. The van der Waals surface area contributed by atoms with E-state index in [1.807, 2.05) is 30.8 Å². The Morgan fingerprint density at radius 3 is 2.66 bits per heavy atom. The predicted molar refractivity (Wildman–Crippen MR) is 151 cm³/mol. The second kappa shape index (κ2) is 11.1. The Balaban J connectivity index is 1.42. The summed E-state index contributed by atoms with van der Waals surface area (Å²) in [6.07, 6.45) is 13.0. The van der Waals surface area contributed by atoms with Gasteiger partial charge in [0, 0.05) is 50.0 Å². The second-order valence-corrected chi connectivity index (χ2v) is 11.9. The summed E-state index contributed by atoms with van der Waals surface area (Å²) in [7, 11) is 1.76. The van der Waals surface area contributed by atoms with Gasteiger partial charge >= 0.3 is 0 Å². The number of nitrogens with two attached hydrogens (primary N) is 1. The lowest BCUT2D eigenvalue weighted by atomic mass is 9.86. The maximum Gasteiger partial charge on any atom is 0.256 e. The fourth-order valence-corrected chi connectivity index (χ4v) is 6.40. The van der Waals surface area contributed by atoms with Crippen LogP contribution in [0.4, 0.5) is 4.39 Å². The Morgan fingerprint density at radius 1 is 1.16 bits per heavy atom. The predicted octanol–water partition coefficient (Wildman–Crippen LogP) is 5.34. The number of hydrogen-bond acceptors (Lipinski definition) is 4. The number of pyridine rings is 1. The number of aryl methyl sites for hydroxylation is 1. The minimum atomic E-state index is -0.411. The van der Waals surface area contributed by atoms with Gasteiger partial charge in [-0.15, -0.1) is 0 Å². The van der Waals surface area contributed by atoms with E-state index >= 15 is 0 Å². The quantitative estimate of drug-likeness (QED) is 0.458. The van der Waals surface area contributed by atoms with Gasteiger partial charge in [-0.3, -0.25) is 9.78 Å². The Bertz CT molecular complexity index is 1290. The zero-order chi connectivity index (χ0) is 27.0. The molecule has 0 unspecified atom stereocenters. The first-order chi connectivity index (χ1) is 18.2. The molecule has 6 nitrogen and oxygen atoms in total. The lowest BCUT2D eigenvalue weighted by Gasteiger charge is -2.29. The zero-order valence-corrected chi connectivity index (χ0v) is 23.3. The first kappa shape index (κ1) is 26.8. The van der Waals surface area contributed by atoms with Crippen molar-refractivity contribution >= 4 is 16.8 Å². The average molecular weight is 520 g/mol. The van der Waals surface area contributed by atoms with Crippen LogP contribution in [-0.2, 0) is 6.42 Å². The molecule has 1 saturated heterocycles. The Morgan fingerprint density at radius 2 is 1.92 bits per heavy atom. The average Bonchev–Trinajstić information content (AvgIpc) is 3.49. The number of carbonyl (C=O) groups is 1. The summed E-state index contributed by atoms with van der Waals surface area (Å²) in [5.74, 6) is 0.774. The molecule has 2 aliphatic rings. The van der Waals surface area contributed by atoms with Crippen molar-refractivity contribution in [3.8, 4) is 5.69 Å². The first-order valence-electron chi connectivity index (χ1n) is 14.2. The first-order valence-corrected chi connectivity index (χ1v) is 14.2. The van der Waals surface area contributed by atoms with Gasteiger partial charge in [-0.05, 0) is 107 Å². The summed E-state index contributed by atoms with van der Waals surface area (Å²) < 4.78 is 16.4. The summed E-state index contributed by atoms with van der Waals surface area (Å²) in [6, 6.07) is 4.92. The maximum absolute atomic E-state index is 14.4. The lowest BCUT2D eigenvalue weighted by molar-refractivity contribution is 0.0754. The Kier molecular flexibility index (Phi) is 7.87. The second-order valence-electron chi connectivity index (χ2n) is 11.9. The number of halogens is 1. The van der Waals surface area contributed by atoms with Gasteiger partial charge in [0.15, 0.2) is 0 Å². The minimum Gasteiger partial charge on any atom is -0.339 e. The third kappa shape index (κ3) is 5.50. The van der Waals surface area contributed by atoms with Crippen molar-refractivity contribution < 1.29 is 9.18 Å². The van der Waals surface area contributed by atoms with Crippen LogP contribution in [0.1, 0.15) is 67.4 Å². The van der Waals surface area contributed by atoms with Crippen molar-refractivity contribution in [3.63, 3.8) is 0 Å². The van der Waals surface area contributed by atoms with Gasteiger partial charge < -0.3 is 20.1 Å². The van der Waals surface area contributed by atoms with Gasteiger partial charge in [-0.2, -0.15) is 0 Å². The molecule has 5 rings (SSSR count). The molecule has 1 atom stereocenters. The summed E-state index contributed by atoms with van der Waals surface area (Å²) in [5, 5.41) is 1.19. The van der Waals surface area contributed by atoms with E-state index in [0.29, 0.717) is 23.2 Å². The number of aromatic nitrogens is 2. The number of fused-ring (bicyclic) bond motifs is 1. The summed E-state index contributed by atoms with van der Waals surface area (Å²) in [4.78, 5) is 22.1. The third-order valence-corrected chi connectivity index (χ3v) is 8.81. The molecule has 2 N–H and O–H groups in total. The third-order valence-electron chi connectivity index (χ3n) is 8.81. The van der Waals surface area contributed by atoms with E-state index in [0.717, 1.165) is 49.4 Å². The van der Waals surface area contributed by atoms with Crippen LogP contribution in [0.25, 0.3) is 16.6 Å². The van der Waals surface area contributed by atoms with Crippen molar-refractivity contribution in [2.75, 3.05) is 26.7 Å². The molecule has 204 valence electrons. The molecule has 3 aromatic rings. The topological polar surface area (TPSA) is 67.4 Å². The highest BCUT2D eigenvalue weighted by atomic mass is 19.1. The van der Waals surface area contributed by atoms with E-state index in [2.05, 4.69) is 23.0 Å². The molecule has 3 heterocycles. The number of nitrogens with zero attached hydrogens (tertiary/aromatic N) is 4. The smallest absolute Gasteiger partial charge is 0.256 e. The number of carbonyl (C=O) groups excluding carboxylic acids is 1. The number of likely N-dealkylation sites (tertiary alicyclic amines) is 1. The van der Waals surface area contributed by atoms with E-state index in [4.69, 9.17) is 5.73 Å². The van der Waals surface area contributed by atoms with Crippen LogP contribution in [0.5, 0.6) is 0 Å². The van der Waals surface area contributed by atoms with E-state index in [1.165, 1.54) is 48.9 Å². The largest absolute Gasteiger partial charge is 0.339 e. The number of rotatable bonds is 7. The van der Waals surface area contributed by atoms with Gasteiger partial charge in [-0.25, -0.2) is 4.39 Å². The molecule has 2 aromatic heterocycles. The number of hydrogen-bond donors (Lipinski definition) is 1. The van der Waals surface area contributed by atoms with Crippen molar-refractivity contribution in [3.05, 3.63) is 59.3 Å². The van der Waals surface area contributed by atoms with E-state index in [-0.39, 0.29) is 11.9 Å². The van der Waals surface area contributed by atoms with E-state index < -0.39 is 5.82 Å². The zero-order valence-electron chi connectivity index (χ0n) is 23.3. The molecule has 1 aromatic carbocycles. The van der Waals surface area contributed by atoms with Gasteiger partial charge in [0.1, 0.15) is 5.82 Å². The minimum absolute atomic E-state index is 0.00940. The Hall–Kier alpha value is -2.77. The highest BCUT2D eigenvalue weighted by Gasteiger charge is 2.28.